The highest BCUT2D eigenvalue weighted by atomic mass is 35.5. The fourth-order valence-corrected chi connectivity index (χ4v) is 2.47. The van der Waals surface area contributed by atoms with Crippen molar-refractivity contribution in [1.29, 1.82) is 0 Å². The highest BCUT2D eigenvalue weighted by Crippen LogP contribution is 2.24. The zero-order chi connectivity index (χ0) is 14.4. The summed E-state index contributed by atoms with van der Waals surface area (Å²) in [7, 11) is 1.94. The smallest absolute Gasteiger partial charge is 0.0759 e. The van der Waals surface area contributed by atoms with Crippen molar-refractivity contribution >= 4 is 11.6 Å². The number of halogens is 1. The van der Waals surface area contributed by atoms with Gasteiger partial charge in [-0.15, -0.1) is 0 Å². The molecular formula is C15H21ClN4. The summed E-state index contributed by atoms with van der Waals surface area (Å²) in [5.41, 5.74) is 2.18. The molecule has 0 radical (unpaired) electrons. The quantitative estimate of drug-likeness (QED) is 0.852. The molecule has 0 aliphatic rings. The van der Waals surface area contributed by atoms with Gasteiger partial charge in [0.2, 0.25) is 0 Å². The van der Waals surface area contributed by atoms with E-state index in [-0.39, 0.29) is 6.04 Å². The molecule has 0 aliphatic carbocycles. The van der Waals surface area contributed by atoms with E-state index in [1.165, 1.54) is 5.56 Å². The van der Waals surface area contributed by atoms with Gasteiger partial charge in [-0.25, -0.2) is 0 Å². The van der Waals surface area contributed by atoms with Crippen molar-refractivity contribution in [3.63, 3.8) is 0 Å². The fraction of sp³-hybridized carbons (Fsp3) is 0.467. The van der Waals surface area contributed by atoms with Gasteiger partial charge in [-0.1, -0.05) is 18.5 Å². The number of hydrogen-bond acceptors (Lipinski definition) is 3. The molecule has 0 aromatic carbocycles. The maximum Gasteiger partial charge on any atom is 0.0759 e. The minimum atomic E-state index is 0.184. The molecule has 0 amide bonds. The van der Waals surface area contributed by atoms with Gasteiger partial charge in [0.1, 0.15) is 0 Å². The Morgan fingerprint density at radius 1 is 1.45 bits per heavy atom. The first-order chi connectivity index (χ1) is 9.70. The summed E-state index contributed by atoms with van der Waals surface area (Å²) in [5, 5.41) is 8.46. The van der Waals surface area contributed by atoms with Crippen molar-refractivity contribution in [2.24, 2.45) is 7.05 Å². The third-order valence-electron chi connectivity index (χ3n) is 3.24. The van der Waals surface area contributed by atoms with E-state index in [1.54, 1.807) is 6.20 Å². The molecule has 2 heterocycles. The molecule has 2 rings (SSSR count). The normalized spacial score (nSPS) is 12.6. The number of nitrogens with one attached hydrogen (secondary N) is 1. The first-order valence-corrected chi connectivity index (χ1v) is 7.39. The average molecular weight is 293 g/mol. The molecule has 0 saturated carbocycles. The first kappa shape index (κ1) is 15.0. The van der Waals surface area contributed by atoms with Crippen molar-refractivity contribution < 1.29 is 0 Å². The Balaban J connectivity index is 2.05. The van der Waals surface area contributed by atoms with Crippen LogP contribution in [0.15, 0.2) is 30.7 Å². The molecule has 0 saturated heterocycles. The predicted octanol–water partition coefficient (Wildman–Crippen LogP) is 3.14. The van der Waals surface area contributed by atoms with Crippen LogP contribution in [0.25, 0.3) is 0 Å². The van der Waals surface area contributed by atoms with Crippen molar-refractivity contribution in [2.75, 3.05) is 6.54 Å². The second kappa shape index (κ2) is 7.41. The topological polar surface area (TPSA) is 42.7 Å². The van der Waals surface area contributed by atoms with Gasteiger partial charge in [0.05, 0.1) is 23.0 Å². The molecule has 1 N–H and O–H groups in total. The monoisotopic (exact) mass is 292 g/mol. The molecular weight excluding hydrogens is 272 g/mol. The highest BCUT2D eigenvalue weighted by Gasteiger charge is 2.15. The van der Waals surface area contributed by atoms with Crippen LogP contribution in [0.4, 0.5) is 0 Å². The number of rotatable bonds is 7. The summed E-state index contributed by atoms with van der Waals surface area (Å²) in [6.07, 6.45) is 8.78. The van der Waals surface area contributed by atoms with Gasteiger partial charge in [-0.3, -0.25) is 9.67 Å². The Morgan fingerprint density at radius 2 is 2.30 bits per heavy atom. The first-order valence-electron chi connectivity index (χ1n) is 7.02. The lowest BCUT2D eigenvalue weighted by molar-refractivity contribution is 0.489. The van der Waals surface area contributed by atoms with Crippen LogP contribution < -0.4 is 5.32 Å². The molecule has 5 heteroatoms. The summed E-state index contributed by atoms with van der Waals surface area (Å²) in [6, 6.07) is 3.95. The second-order valence-electron chi connectivity index (χ2n) is 4.94. The molecule has 2 aromatic heterocycles. The molecule has 0 fully saturated rings. The third-order valence-corrected chi connectivity index (χ3v) is 3.56. The van der Waals surface area contributed by atoms with Crippen molar-refractivity contribution in [2.45, 2.75) is 32.2 Å². The van der Waals surface area contributed by atoms with Gasteiger partial charge in [-0.2, -0.15) is 5.10 Å². The second-order valence-corrected chi connectivity index (χ2v) is 5.35. The van der Waals surface area contributed by atoms with Gasteiger partial charge < -0.3 is 5.32 Å². The van der Waals surface area contributed by atoms with E-state index >= 15 is 0 Å². The van der Waals surface area contributed by atoms with Crippen LogP contribution in [0.3, 0.4) is 0 Å². The summed E-state index contributed by atoms with van der Waals surface area (Å²) in [5.74, 6) is 0. The third kappa shape index (κ3) is 4.05. The Labute approximate surface area is 125 Å². The highest BCUT2D eigenvalue weighted by molar-refractivity contribution is 6.31. The van der Waals surface area contributed by atoms with E-state index in [0.717, 1.165) is 36.5 Å². The van der Waals surface area contributed by atoms with Crippen molar-refractivity contribution in [3.8, 4) is 0 Å². The van der Waals surface area contributed by atoms with Crippen LogP contribution in [-0.2, 0) is 13.5 Å². The van der Waals surface area contributed by atoms with Crippen LogP contribution in [0.2, 0.25) is 5.02 Å². The van der Waals surface area contributed by atoms with E-state index in [1.807, 2.05) is 30.1 Å². The van der Waals surface area contributed by atoms with Gasteiger partial charge >= 0.3 is 0 Å². The van der Waals surface area contributed by atoms with E-state index in [9.17, 15) is 0 Å². The zero-order valence-corrected chi connectivity index (χ0v) is 12.8. The van der Waals surface area contributed by atoms with Crippen LogP contribution in [0, 0.1) is 0 Å². The van der Waals surface area contributed by atoms with E-state index in [4.69, 9.17) is 11.6 Å². The molecule has 2 aromatic rings. The summed E-state index contributed by atoms with van der Waals surface area (Å²) >= 11 is 6.26. The lowest BCUT2D eigenvalue weighted by Crippen LogP contribution is -2.24. The number of aryl methyl sites for hydroxylation is 2. The lowest BCUT2D eigenvalue weighted by Gasteiger charge is -2.18. The number of nitrogens with zero attached hydrogens (tertiary/aromatic N) is 3. The van der Waals surface area contributed by atoms with E-state index in [2.05, 4.69) is 28.5 Å². The van der Waals surface area contributed by atoms with Crippen LogP contribution >= 0.6 is 11.6 Å². The Bertz CT molecular complexity index is 538. The molecule has 1 atom stereocenters. The molecule has 20 heavy (non-hydrogen) atoms. The average Bonchev–Trinajstić information content (AvgIpc) is 2.86. The SMILES string of the molecule is CCCNC(CCc1cnn(C)c1)c1ncccc1Cl. The number of hydrogen-bond donors (Lipinski definition) is 1. The summed E-state index contributed by atoms with van der Waals surface area (Å²) in [6.45, 7) is 3.12. The van der Waals surface area contributed by atoms with Gasteiger partial charge in [0, 0.05) is 19.4 Å². The Hall–Kier alpha value is -1.39. The Morgan fingerprint density at radius 3 is 2.95 bits per heavy atom. The molecule has 4 nitrogen and oxygen atoms in total. The van der Waals surface area contributed by atoms with Gasteiger partial charge in [-0.05, 0) is 43.5 Å². The minimum Gasteiger partial charge on any atom is -0.309 e. The van der Waals surface area contributed by atoms with Crippen molar-refractivity contribution in [3.05, 3.63) is 47.0 Å². The largest absolute Gasteiger partial charge is 0.309 e. The van der Waals surface area contributed by atoms with E-state index in [0.29, 0.717) is 0 Å². The van der Waals surface area contributed by atoms with Crippen molar-refractivity contribution in [1.82, 2.24) is 20.1 Å². The molecule has 0 bridgehead atoms. The van der Waals surface area contributed by atoms with E-state index < -0.39 is 0 Å². The standard InChI is InChI=1S/C15H21ClN4/c1-3-8-17-14(15-13(16)5-4-9-18-15)7-6-12-10-19-20(2)11-12/h4-5,9-11,14,17H,3,6-8H2,1-2H3. The predicted molar refractivity (Wildman–Crippen MR) is 81.8 cm³/mol. The van der Waals surface area contributed by atoms with Gasteiger partial charge in [0.25, 0.3) is 0 Å². The minimum absolute atomic E-state index is 0.184. The fourth-order valence-electron chi connectivity index (χ4n) is 2.22. The lowest BCUT2D eigenvalue weighted by atomic mass is 10.0. The van der Waals surface area contributed by atoms with Crippen LogP contribution in [0.5, 0.6) is 0 Å². The molecule has 108 valence electrons. The summed E-state index contributed by atoms with van der Waals surface area (Å²) < 4.78 is 1.83. The molecule has 0 spiro atoms. The number of aromatic nitrogens is 3. The van der Waals surface area contributed by atoms with Gasteiger partial charge in [0.15, 0.2) is 0 Å². The van der Waals surface area contributed by atoms with Crippen LogP contribution in [0.1, 0.15) is 37.1 Å². The maximum atomic E-state index is 6.26. The molecule has 1 unspecified atom stereocenters. The zero-order valence-electron chi connectivity index (χ0n) is 12.0. The molecule has 0 aliphatic heterocycles. The van der Waals surface area contributed by atoms with Crippen LogP contribution in [-0.4, -0.2) is 21.3 Å². The maximum absolute atomic E-state index is 6.26. The number of pyridine rings is 1. The summed E-state index contributed by atoms with van der Waals surface area (Å²) in [4.78, 5) is 4.43. The Kier molecular flexibility index (Phi) is 5.56.